The minimum absolute atomic E-state index is 0.0746. The van der Waals surface area contributed by atoms with Crippen molar-refractivity contribution in [3.63, 3.8) is 0 Å². The summed E-state index contributed by atoms with van der Waals surface area (Å²) in [7, 11) is 1.97. The zero-order valence-electron chi connectivity index (χ0n) is 33.0. The molecule has 51 heavy (non-hydrogen) atoms. The van der Waals surface area contributed by atoms with E-state index in [0.29, 0.717) is 18.6 Å². The van der Waals surface area contributed by atoms with Crippen LogP contribution in [-0.2, 0) is 33.2 Å². The lowest BCUT2D eigenvalue weighted by Gasteiger charge is -2.48. The van der Waals surface area contributed by atoms with Gasteiger partial charge in [-0.3, -0.25) is 9.69 Å². The Kier molecular flexibility index (Phi) is 13.1. The van der Waals surface area contributed by atoms with Crippen LogP contribution in [0, 0.1) is 17.8 Å². The van der Waals surface area contributed by atoms with Crippen LogP contribution in [0.1, 0.15) is 109 Å². The Hall–Kier alpha value is -1.39. The Bertz CT molecular complexity index is 1240. The minimum atomic E-state index is -1.84. The van der Waals surface area contributed by atoms with E-state index in [0.717, 1.165) is 5.57 Å². The van der Waals surface area contributed by atoms with Gasteiger partial charge in [0.1, 0.15) is 41.4 Å². The van der Waals surface area contributed by atoms with E-state index in [1.807, 2.05) is 34.7 Å². The van der Waals surface area contributed by atoms with Gasteiger partial charge in [0.2, 0.25) is 0 Å². The Morgan fingerprint density at radius 3 is 2.16 bits per heavy atom. The molecule has 3 fully saturated rings. The van der Waals surface area contributed by atoms with Crippen molar-refractivity contribution in [3.05, 3.63) is 11.3 Å². The number of carbonyl (C=O) groups excluding carboxylic acids is 1. The summed E-state index contributed by atoms with van der Waals surface area (Å²) in [4.78, 5) is 16.2. The van der Waals surface area contributed by atoms with Gasteiger partial charge in [-0.05, 0) is 87.8 Å². The fourth-order valence-electron chi connectivity index (χ4n) is 8.81. The maximum atomic E-state index is 14.1. The second-order valence-electron chi connectivity index (χ2n) is 17.0. The number of likely N-dealkylation sites (N-methyl/N-ethyl adjacent to an activating group) is 1. The van der Waals surface area contributed by atoms with Gasteiger partial charge in [-0.15, -0.1) is 0 Å². The number of esters is 1. The molecule has 4 aliphatic heterocycles. The Balaban J connectivity index is 1.83. The molecule has 0 aromatic heterocycles. The van der Waals surface area contributed by atoms with E-state index >= 15 is 0 Å². The second kappa shape index (κ2) is 15.8. The summed E-state index contributed by atoms with van der Waals surface area (Å²) in [6, 6.07) is -0.105. The number of aliphatic hydroxyl groups is 5. The van der Waals surface area contributed by atoms with Crippen molar-refractivity contribution in [2.24, 2.45) is 17.8 Å². The molecule has 296 valence electrons. The van der Waals surface area contributed by atoms with E-state index in [1.165, 1.54) is 13.8 Å². The third kappa shape index (κ3) is 8.48. The SMILES string of the molecule is CC[C@H]1OC(=O)[C@H](C)[C@@H](O[C@H]2C[C@@](C)(O)[C@@H](O)[C@H](C)O2)[C@H](C)[C@@H](O[C@@H]2O[C@H](C)C[C@H](N(C)C(C)C)[C@H]2O)C2(C)CC(C)=C(O2)[C@@H](C)[C@@H](O)[C@]1(C)O. The van der Waals surface area contributed by atoms with Crippen molar-refractivity contribution in [1.82, 2.24) is 4.90 Å². The number of hydrogen-bond acceptors (Lipinski definition) is 13. The van der Waals surface area contributed by atoms with Gasteiger partial charge in [0.05, 0.1) is 35.9 Å². The maximum absolute atomic E-state index is 14.1. The molecule has 1 unspecified atom stereocenters. The first kappa shape index (κ1) is 42.4. The van der Waals surface area contributed by atoms with Crippen LogP contribution in [-0.4, -0.2) is 134 Å². The molecule has 0 aromatic carbocycles. The number of ether oxygens (including phenoxy) is 6. The first-order valence-electron chi connectivity index (χ1n) is 18.9. The van der Waals surface area contributed by atoms with Crippen molar-refractivity contribution in [2.45, 2.75) is 199 Å². The Morgan fingerprint density at radius 1 is 0.961 bits per heavy atom. The largest absolute Gasteiger partial charge is 0.489 e. The predicted octanol–water partition coefficient (Wildman–Crippen LogP) is 3.02. The molecule has 17 atom stereocenters. The Labute approximate surface area is 304 Å². The van der Waals surface area contributed by atoms with Gasteiger partial charge >= 0.3 is 5.97 Å². The van der Waals surface area contributed by atoms with Gasteiger partial charge in [0, 0.05) is 36.8 Å². The molecule has 0 amide bonds. The van der Waals surface area contributed by atoms with E-state index in [2.05, 4.69) is 18.7 Å². The smallest absolute Gasteiger partial charge is 0.311 e. The monoisotopic (exact) mass is 729 g/mol. The number of rotatable bonds is 7. The lowest BCUT2D eigenvalue weighted by atomic mass is 9.78. The molecule has 0 radical (unpaired) electrons. The molecule has 4 aliphatic rings. The fourth-order valence-corrected chi connectivity index (χ4v) is 8.81. The molecule has 3 saturated heterocycles. The topological polar surface area (TPSA) is 177 Å². The van der Waals surface area contributed by atoms with E-state index < -0.39 is 95.8 Å². The molecule has 2 bridgehead atoms. The minimum Gasteiger partial charge on any atom is -0.489 e. The van der Waals surface area contributed by atoms with Crippen LogP contribution >= 0.6 is 0 Å². The fraction of sp³-hybridized carbons (Fsp3) is 0.921. The van der Waals surface area contributed by atoms with Crippen molar-refractivity contribution in [2.75, 3.05) is 7.05 Å². The molecular weight excluding hydrogens is 662 g/mol. The standard InChI is InChI=1S/C38H67NO12/c1-14-26-38(12,45)31(41)21(6)29-19(4)16-37(11,51-29)33(50-35-28(40)25(15-20(5)46-35)39(13)18(2)3)22(7)30(23(8)34(43)48-26)49-27-17-36(10,44)32(42)24(9)47-27/h18,20-28,30-33,35,40-42,44-45H,14-17H2,1-13H3/t20-,21-,22+,23-,24+,25+,26-,27+,28-,30+,31-,32+,33-,35+,36-,37?,38-/m1/s1. The van der Waals surface area contributed by atoms with Crippen LogP contribution < -0.4 is 0 Å². The van der Waals surface area contributed by atoms with Crippen molar-refractivity contribution in [1.29, 1.82) is 0 Å². The predicted molar refractivity (Wildman–Crippen MR) is 188 cm³/mol. The van der Waals surface area contributed by atoms with Crippen LogP contribution in [0.25, 0.3) is 0 Å². The molecule has 0 aromatic rings. The number of nitrogens with zero attached hydrogens (tertiary/aromatic N) is 1. The van der Waals surface area contributed by atoms with Crippen LogP contribution in [0.2, 0.25) is 0 Å². The average molecular weight is 730 g/mol. The highest BCUT2D eigenvalue weighted by atomic mass is 16.7. The third-order valence-corrected chi connectivity index (χ3v) is 12.2. The van der Waals surface area contributed by atoms with Crippen molar-refractivity contribution < 1.29 is 58.7 Å². The van der Waals surface area contributed by atoms with Crippen molar-refractivity contribution in [3.8, 4) is 0 Å². The normalized spacial score (nSPS) is 48.9. The number of fused-ring (bicyclic) bond motifs is 2. The molecule has 0 aliphatic carbocycles. The lowest BCUT2D eigenvalue weighted by Crippen LogP contribution is -2.60. The summed E-state index contributed by atoms with van der Waals surface area (Å²) < 4.78 is 38.7. The second-order valence-corrected chi connectivity index (χ2v) is 17.0. The first-order valence-corrected chi connectivity index (χ1v) is 18.9. The van der Waals surface area contributed by atoms with Gasteiger partial charge in [-0.2, -0.15) is 0 Å². The maximum Gasteiger partial charge on any atom is 0.311 e. The number of hydrogen-bond donors (Lipinski definition) is 5. The molecule has 13 heteroatoms. The summed E-state index contributed by atoms with van der Waals surface area (Å²) in [6.45, 7) is 21.6. The zero-order valence-corrected chi connectivity index (χ0v) is 33.0. The molecule has 5 N–H and O–H groups in total. The molecule has 0 saturated carbocycles. The van der Waals surface area contributed by atoms with Crippen molar-refractivity contribution >= 4 is 5.97 Å². The zero-order chi connectivity index (χ0) is 38.5. The summed E-state index contributed by atoms with van der Waals surface area (Å²) in [5.41, 5.74) is -3.61. The highest BCUT2D eigenvalue weighted by molar-refractivity contribution is 5.73. The van der Waals surface area contributed by atoms with Crippen LogP contribution in [0.4, 0.5) is 0 Å². The summed E-state index contributed by atoms with van der Waals surface area (Å²) in [5.74, 6) is -2.47. The number of aliphatic hydroxyl groups excluding tert-OH is 3. The van der Waals surface area contributed by atoms with Crippen LogP contribution in [0.15, 0.2) is 11.3 Å². The van der Waals surface area contributed by atoms with Gasteiger partial charge in [-0.1, -0.05) is 20.8 Å². The summed E-state index contributed by atoms with van der Waals surface area (Å²) >= 11 is 0. The van der Waals surface area contributed by atoms with E-state index in [-0.39, 0.29) is 31.0 Å². The molecule has 4 heterocycles. The third-order valence-electron chi connectivity index (χ3n) is 12.2. The molecule has 0 spiro atoms. The van der Waals surface area contributed by atoms with E-state index in [9.17, 15) is 30.3 Å². The highest BCUT2D eigenvalue weighted by Crippen LogP contribution is 2.47. The first-order chi connectivity index (χ1) is 23.5. The van der Waals surface area contributed by atoms with E-state index in [1.54, 1.807) is 27.7 Å². The van der Waals surface area contributed by atoms with Gasteiger partial charge in [-0.25, -0.2) is 0 Å². The summed E-state index contributed by atoms with van der Waals surface area (Å²) in [6.07, 6.45) is -8.41. The average Bonchev–Trinajstić information content (AvgIpc) is 3.36. The lowest BCUT2D eigenvalue weighted by molar-refractivity contribution is -0.316. The van der Waals surface area contributed by atoms with Gasteiger partial charge in [0.25, 0.3) is 0 Å². The highest BCUT2D eigenvalue weighted by Gasteiger charge is 2.56. The molecule has 4 rings (SSSR count). The van der Waals surface area contributed by atoms with Gasteiger partial charge in [0.15, 0.2) is 12.6 Å². The van der Waals surface area contributed by atoms with Crippen LogP contribution in [0.5, 0.6) is 0 Å². The van der Waals surface area contributed by atoms with E-state index in [4.69, 9.17) is 28.4 Å². The molecule has 13 nitrogen and oxygen atoms in total. The van der Waals surface area contributed by atoms with Crippen LogP contribution in [0.3, 0.4) is 0 Å². The summed E-state index contributed by atoms with van der Waals surface area (Å²) in [5, 5.41) is 56.9. The number of carbonyl (C=O) groups is 1. The van der Waals surface area contributed by atoms with Gasteiger partial charge < -0.3 is 54.0 Å². The number of cyclic esters (lactones) is 1. The quantitative estimate of drug-likeness (QED) is 0.242. The molecular formula is C38H67NO12. The Morgan fingerprint density at radius 2 is 1.59 bits per heavy atom.